The van der Waals surface area contributed by atoms with Gasteiger partial charge in [0.25, 0.3) is 0 Å². The van der Waals surface area contributed by atoms with Crippen LogP contribution >= 0.6 is 0 Å². The summed E-state index contributed by atoms with van der Waals surface area (Å²) in [6, 6.07) is -0.603. The number of esters is 1. The molecule has 0 aromatic carbocycles. The van der Waals surface area contributed by atoms with Gasteiger partial charge in [0, 0.05) is 13.5 Å². The van der Waals surface area contributed by atoms with Crippen molar-refractivity contribution in [1.29, 1.82) is 0 Å². The standard InChI is InChI=1S/C13H25N3O3/c1-11(17)15-12(13(18)19-2)10-14-6-5-9-16-7-3-4-8-16/h12,14H,3-10H2,1-2H3,(H,15,17). The van der Waals surface area contributed by atoms with Gasteiger partial charge >= 0.3 is 5.97 Å². The number of likely N-dealkylation sites (tertiary alicyclic amines) is 1. The van der Waals surface area contributed by atoms with Gasteiger partial charge in [0.2, 0.25) is 5.91 Å². The van der Waals surface area contributed by atoms with Crippen molar-refractivity contribution in [3.63, 3.8) is 0 Å². The lowest BCUT2D eigenvalue weighted by Crippen LogP contribution is -2.47. The molecule has 1 amide bonds. The second-order valence-electron chi connectivity index (χ2n) is 4.88. The average molecular weight is 271 g/mol. The van der Waals surface area contributed by atoms with Gasteiger partial charge in [-0.3, -0.25) is 4.79 Å². The van der Waals surface area contributed by atoms with E-state index in [0.29, 0.717) is 6.54 Å². The number of carbonyl (C=O) groups excluding carboxylic acids is 2. The minimum Gasteiger partial charge on any atom is -0.467 e. The van der Waals surface area contributed by atoms with Crippen molar-refractivity contribution in [1.82, 2.24) is 15.5 Å². The van der Waals surface area contributed by atoms with Gasteiger partial charge in [-0.15, -0.1) is 0 Å². The first-order chi connectivity index (χ1) is 9.13. The number of methoxy groups -OCH3 is 1. The maximum atomic E-state index is 11.4. The zero-order valence-corrected chi connectivity index (χ0v) is 11.9. The fourth-order valence-corrected chi connectivity index (χ4v) is 2.26. The molecule has 6 heteroatoms. The Kier molecular flexibility index (Phi) is 7.43. The molecular weight excluding hydrogens is 246 g/mol. The zero-order valence-electron chi connectivity index (χ0n) is 11.9. The normalized spacial score (nSPS) is 17.2. The Hall–Kier alpha value is -1.14. The molecule has 1 saturated heterocycles. The van der Waals surface area contributed by atoms with Crippen LogP contribution in [0.25, 0.3) is 0 Å². The van der Waals surface area contributed by atoms with E-state index in [1.165, 1.54) is 40.0 Å². The summed E-state index contributed by atoms with van der Waals surface area (Å²) in [6.45, 7) is 6.14. The molecule has 1 atom stereocenters. The number of amides is 1. The number of nitrogens with zero attached hydrogens (tertiary/aromatic N) is 1. The third kappa shape index (κ3) is 6.54. The van der Waals surface area contributed by atoms with Crippen molar-refractivity contribution >= 4 is 11.9 Å². The Morgan fingerprint density at radius 3 is 2.58 bits per heavy atom. The summed E-state index contributed by atoms with van der Waals surface area (Å²) in [5.74, 6) is -0.642. The minimum absolute atomic E-state index is 0.228. The molecule has 110 valence electrons. The van der Waals surface area contributed by atoms with Crippen LogP contribution in [0.1, 0.15) is 26.2 Å². The molecule has 0 aliphatic carbocycles. The summed E-state index contributed by atoms with van der Waals surface area (Å²) in [7, 11) is 1.32. The summed E-state index contributed by atoms with van der Waals surface area (Å²) in [5.41, 5.74) is 0. The van der Waals surface area contributed by atoms with Gasteiger partial charge in [-0.25, -0.2) is 4.79 Å². The fourth-order valence-electron chi connectivity index (χ4n) is 2.26. The Labute approximate surface area is 114 Å². The van der Waals surface area contributed by atoms with Gasteiger partial charge < -0.3 is 20.3 Å². The molecule has 0 aromatic heterocycles. The van der Waals surface area contributed by atoms with Gasteiger partial charge in [0.1, 0.15) is 6.04 Å². The SMILES string of the molecule is COC(=O)C(CNCCCN1CCCC1)NC(C)=O. The first-order valence-electron chi connectivity index (χ1n) is 6.91. The van der Waals surface area contributed by atoms with Gasteiger partial charge in [-0.2, -0.15) is 0 Å². The number of hydrogen-bond donors (Lipinski definition) is 2. The zero-order chi connectivity index (χ0) is 14.1. The minimum atomic E-state index is -0.603. The van der Waals surface area contributed by atoms with E-state index < -0.39 is 12.0 Å². The largest absolute Gasteiger partial charge is 0.467 e. The average Bonchev–Trinajstić information content (AvgIpc) is 2.88. The molecule has 0 saturated carbocycles. The first-order valence-corrected chi connectivity index (χ1v) is 6.91. The quantitative estimate of drug-likeness (QED) is 0.470. The van der Waals surface area contributed by atoms with E-state index in [1.54, 1.807) is 0 Å². The highest BCUT2D eigenvalue weighted by atomic mass is 16.5. The molecule has 2 N–H and O–H groups in total. The molecule has 1 fully saturated rings. The summed E-state index contributed by atoms with van der Waals surface area (Å²) >= 11 is 0. The van der Waals surface area contributed by atoms with Crippen LogP contribution in [0.3, 0.4) is 0 Å². The van der Waals surface area contributed by atoms with E-state index in [2.05, 4.69) is 20.3 Å². The van der Waals surface area contributed by atoms with Crippen LogP contribution in [-0.4, -0.2) is 62.7 Å². The second-order valence-corrected chi connectivity index (χ2v) is 4.88. The summed E-state index contributed by atoms with van der Waals surface area (Å²) in [5, 5.41) is 5.76. The van der Waals surface area contributed by atoms with Gasteiger partial charge in [-0.1, -0.05) is 0 Å². The highest BCUT2D eigenvalue weighted by Crippen LogP contribution is 2.06. The number of carbonyl (C=O) groups is 2. The first kappa shape index (κ1) is 15.9. The number of nitrogens with one attached hydrogen (secondary N) is 2. The molecule has 1 heterocycles. The number of ether oxygens (including phenoxy) is 1. The summed E-state index contributed by atoms with van der Waals surface area (Å²) in [4.78, 5) is 24.9. The molecular formula is C13H25N3O3. The van der Waals surface area contributed by atoms with Crippen LogP contribution in [0, 0.1) is 0 Å². The van der Waals surface area contributed by atoms with Crippen LogP contribution in [0.5, 0.6) is 0 Å². The predicted molar refractivity (Wildman–Crippen MR) is 72.8 cm³/mol. The fraction of sp³-hybridized carbons (Fsp3) is 0.846. The monoisotopic (exact) mass is 271 g/mol. The summed E-state index contributed by atoms with van der Waals surface area (Å²) in [6.07, 6.45) is 3.66. The number of hydrogen-bond acceptors (Lipinski definition) is 5. The van der Waals surface area contributed by atoms with Crippen LogP contribution in [0.4, 0.5) is 0 Å². The number of rotatable bonds is 8. The Balaban J connectivity index is 2.12. The van der Waals surface area contributed by atoms with Crippen molar-refractivity contribution in [2.24, 2.45) is 0 Å². The molecule has 1 rings (SSSR count). The molecule has 1 unspecified atom stereocenters. The molecule has 19 heavy (non-hydrogen) atoms. The molecule has 0 spiro atoms. The lowest BCUT2D eigenvalue weighted by atomic mass is 10.2. The van der Waals surface area contributed by atoms with E-state index in [0.717, 1.165) is 19.5 Å². The lowest BCUT2D eigenvalue weighted by molar-refractivity contribution is -0.144. The third-order valence-electron chi connectivity index (χ3n) is 3.24. The molecule has 6 nitrogen and oxygen atoms in total. The molecule has 1 aliphatic rings. The van der Waals surface area contributed by atoms with Crippen LogP contribution in [0.15, 0.2) is 0 Å². The van der Waals surface area contributed by atoms with Crippen molar-refractivity contribution in [2.75, 3.05) is 39.8 Å². The van der Waals surface area contributed by atoms with Crippen molar-refractivity contribution in [2.45, 2.75) is 32.2 Å². The molecule has 1 aliphatic heterocycles. The van der Waals surface area contributed by atoms with Crippen molar-refractivity contribution in [3.8, 4) is 0 Å². The van der Waals surface area contributed by atoms with Crippen molar-refractivity contribution in [3.05, 3.63) is 0 Å². The van der Waals surface area contributed by atoms with Crippen LogP contribution < -0.4 is 10.6 Å². The Morgan fingerprint density at radius 2 is 2.00 bits per heavy atom. The molecule has 0 aromatic rings. The highest BCUT2D eigenvalue weighted by Gasteiger charge is 2.19. The van der Waals surface area contributed by atoms with E-state index in [9.17, 15) is 9.59 Å². The van der Waals surface area contributed by atoms with Gasteiger partial charge in [0.15, 0.2) is 0 Å². The maximum absolute atomic E-state index is 11.4. The molecule has 0 bridgehead atoms. The summed E-state index contributed by atoms with van der Waals surface area (Å²) < 4.78 is 4.65. The third-order valence-corrected chi connectivity index (χ3v) is 3.24. The Bertz CT molecular complexity index is 291. The van der Waals surface area contributed by atoms with E-state index >= 15 is 0 Å². The smallest absolute Gasteiger partial charge is 0.329 e. The van der Waals surface area contributed by atoms with Gasteiger partial charge in [-0.05, 0) is 45.4 Å². The topological polar surface area (TPSA) is 70.7 Å². The van der Waals surface area contributed by atoms with E-state index in [-0.39, 0.29) is 5.91 Å². The van der Waals surface area contributed by atoms with Gasteiger partial charge in [0.05, 0.1) is 7.11 Å². The van der Waals surface area contributed by atoms with E-state index in [4.69, 9.17) is 0 Å². The van der Waals surface area contributed by atoms with Crippen molar-refractivity contribution < 1.29 is 14.3 Å². The lowest BCUT2D eigenvalue weighted by Gasteiger charge is -2.17. The van der Waals surface area contributed by atoms with E-state index in [1.807, 2.05) is 0 Å². The molecule has 0 radical (unpaired) electrons. The highest BCUT2D eigenvalue weighted by molar-refractivity contribution is 5.83. The Morgan fingerprint density at radius 1 is 1.32 bits per heavy atom. The van der Waals surface area contributed by atoms with Crippen LogP contribution in [0.2, 0.25) is 0 Å². The second kappa shape index (κ2) is 8.87. The predicted octanol–water partition coefficient (Wildman–Crippen LogP) is -0.260. The maximum Gasteiger partial charge on any atom is 0.329 e. The van der Waals surface area contributed by atoms with Crippen LogP contribution in [-0.2, 0) is 14.3 Å².